The van der Waals surface area contributed by atoms with Crippen LogP contribution in [0.5, 0.6) is 0 Å². The number of anilines is 1. The van der Waals surface area contributed by atoms with Gasteiger partial charge in [0.1, 0.15) is 5.82 Å². The fourth-order valence-corrected chi connectivity index (χ4v) is 2.33. The highest BCUT2D eigenvalue weighted by molar-refractivity contribution is 5.92. The maximum atomic E-state index is 11.0. The van der Waals surface area contributed by atoms with Gasteiger partial charge in [0.05, 0.1) is 5.56 Å². The number of rotatable bonds is 3. The number of amides is 1. The Morgan fingerprint density at radius 3 is 2.50 bits per heavy atom. The van der Waals surface area contributed by atoms with Gasteiger partial charge in [-0.2, -0.15) is 0 Å². The zero-order chi connectivity index (χ0) is 13.1. The molecule has 1 aliphatic heterocycles. The standard InChI is InChI=1S/C13H20N4O/c1-16(2)11-5-7-17(8-6-11)12-4-3-10(9-15-12)13(14)18/h3-4,9,11H,5-8H2,1-2H3,(H2,14,18). The molecule has 2 heterocycles. The molecule has 1 aromatic rings. The van der Waals surface area contributed by atoms with Crippen molar-refractivity contribution < 1.29 is 4.79 Å². The predicted molar refractivity (Wildman–Crippen MR) is 71.7 cm³/mol. The second kappa shape index (κ2) is 5.35. The Morgan fingerprint density at radius 2 is 2.06 bits per heavy atom. The van der Waals surface area contributed by atoms with Crippen molar-refractivity contribution >= 4 is 11.7 Å². The van der Waals surface area contributed by atoms with Gasteiger partial charge in [-0.1, -0.05) is 0 Å². The van der Waals surface area contributed by atoms with Crippen LogP contribution in [-0.2, 0) is 0 Å². The Balaban J connectivity index is 1.99. The van der Waals surface area contributed by atoms with E-state index < -0.39 is 5.91 Å². The predicted octanol–water partition coefficient (Wildman–Crippen LogP) is 0.711. The Morgan fingerprint density at radius 1 is 1.39 bits per heavy atom. The minimum absolute atomic E-state index is 0.430. The molecule has 98 valence electrons. The Bertz CT molecular complexity index is 408. The van der Waals surface area contributed by atoms with E-state index in [1.807, 2.05) is 6.07 Å². The van der Waals surface area contributed by atoms with Gasteiger partial charge < -0.3 is 15.5 Å². The van der Waals surface area contributed by atoms with Crippen molar-refractivity contribution in [2.24, 2.45) is 5.73 Å². The molecule has 0 saturated carbocycles. The van der Waals surface area contributed by atoms with Crippen molar-refractivity contribution in [3.8, 4) is 0 Å². The molecule has 18 heavy (non-hydrogen) atoms. The number of piperidine rings is 1. The third-order valence-corrected chi connectivity index (χ3v) is 3.55. The van der Waals surface area contributed by atoms with E-state index in [1.165, 1.54) is 0 Å². The number of carbonyl (C=O) groups excluding carboxylic acids is 1. The molecule has 0 aliphatic carbocycles. The minimum atomic E-state index is -0.430. The van der Waals surface area contributed by atoms with Crippen molar-refractivity contribution in [1.29, 1.82) is 0 Å². The van der Waals surface area contributed by atoms with Gasteiger partial charge in [0.25, 0.3) is 0 Å². The van der Waals surface area contributed by atoms with Crippen LogP contribution in [0.15, 0.2) is 18.3 Å². The van der Waals surface area contributed by atoms with Crippen LogP contribution >= 0.6 is 0 Å². The summed E-state index contributed by atoms with van der Waals surface area (Å²) >= 11 is 0. The lowest BCUT2D eigenvalue weighted by Gasteiger charge is -2.35. The van der Waals surface area contributed by atoms with E-state index in [2.05, 4.69) is 28.9 Å². The topological polar surface area (TPSA) is 62.5 Å². The van der Waals surface area contributed by atoms with E-state index in [4.69, 9.17) is 5.73 Å². The lowest BCUT2D eigenvalue weighted by molar-refractivity contribution is 0.1000. The SMILES string of the molecule is CN(C)C1CCN(c2ccc(C(N)=O)cn2)CC1. The van der Waals surface area contributed by atoms with E-state index in [-0.39, 0.29) is 0 Å². The molecule has 1 saturated heterocycles. The van der Waals surface area contributed by atoms with Crippen LogP contribution in [-0.4, -0.2) is 49.0 Å². The molecule has 2 rings (SSSR count). The summed E-state index contributed by atoms with van der Waals surface area (Å²) in [5, 5.41) is 0. The van der Waals surface area contributed by atoms with Crippen LogP contribution in [0.2, 0.25) is 0 Å². The molecule has 0 unspecified atom stereocenters. The van der Waals surface area contributed by atoms with Gasteiger partial charge in [-0.25, -0.2) is 4.98 Å². The summed E-state index contributed by atoms with van der Waals surface area (Å²) in [6.45, 7) is 2.01. The molecule has 5 heteroatoms. The molecule has 0 bridgehead atoms. The summed E-state index contributed by atoms with van der Waals surface area (Å²) in [5.74, 6) is 0.498. The fraction of sp³-hybridized carbons (Fsp3) is 0.538. The number of aromatic nitrogens is 1. The summed E-state index contributed by atoms with van der Waals surface area (Å²) < 4.78 is 0. The molecule has 0 atom stereocenters. The first-order valence-electron chi connectivity index (χ1n) is 6.25. The molecule has 0 spiro atoms. The van der Waals surface area contributed by atoms with Crippen LogP contribution < -0.4 is 10.6 Å². The van der Waals surface area contributed by atoms with Gasteiger partial charge in [0.15, 0.2) is 0 Å². The van der Waals surface area contributed by atoms with Crippen molar-refractivity contribution in [2.45, 2.75) is 18.9 Å². The number of carbonyl (C=O) groups is 1. The first kappa shape index (κ1) is 12.8. The van der Waals surface area contributed by atoms with Crippen LogP contribution in [0.1, 0.15) is 23.2 Å². The molecule has 2 N–H and O–H groups in total. The summed E-state index contributed by atoms with van der Waals surface area (Å²) in [5.41, 5.74) is 5.66. The van der Waals surface area contributed by atoms with E-state index in [1.54, 1.807) is 12.3 Å². The zero-order valence-corrected chi connectivity index (χ0v) is 11.0. The van der Waals surface area contributed by atoms with Gasteiger partial charge in [-0.3, -0.25) is 4.79 Å². The van der Waals surface area contributed by atoms with Crippen molar-refractivity contribution in [1.82, 2.24) is 9.88 Å². The van der Waals surface area contributed by atoms with Crippen LogP contribution in [0.25, 0.3) is 0 Å². The number of pyridine rings is 1. The van der Waals surface area contributed by atoms with Crippen molar-refractivity contribution in [2.75, 3.05) is 32.1 Å². The molecule has 1 amide bonds. The van der Waals surface area contributed by atoms with E-state index in [0.717, 1.165) is 31.7 Å². The third-order valence-electron chi connectivity index (χ3n) is 3.55. The highest BCUT2D eigenvalue weighted by atomic mass is 16.1. The Hall–Kier alpha value is -1.62. The molecule has 5 nitrogen and oxygen atoms in total. The minimum Gasteiger partial charge on any atom is -0.366 e. The first-order chi connectivity index (χ1) is 8.58. The molecule has 1 aromatic heterocycles. The second-order valence-electron chi connectivity index (χ2n) is 4.95. The Kier molecular flexibility index (Phi) is 3.81. The van der Waals surface area contributed by atoms with Gasteiger partial charge in [0, 0.05) is 25.3 Å². The number of hydrogen-bond acceptors (Lipinski definition) is 4. The maximum absolute atomic E-state index is 11.0. The van der Waals surface area contributed by atoms with Gasteiger partial charge >= 0.3 is 0 Å². The average Bonchev–Trinajstić information content (AvgIpc) is 2.39. The second-order valence-corrected chi connectivity index (χ2v) is 4.95. The summed E-state index contributed by atoms with van der Waals surface area (Å²) in [4.78, 5) is 19.8. The average molecular weight is 248 g/mol. The molecular weight excluding hydrogens is 228 g/mol. The molecular formula is C13H20N4O. The summed E-state index contributed by atoms with van der Waals surface area (Å²) in [6, 6.07) is 4.27. The normalized spacial score (nSPS) is 17.2. The number of nitrogens with two attached hydrogens (primary N) is 1. The van der Waals surface area contributed by atoms with Gasteiger partial charge in [-0.15, -0.1) is 0 Å². The molecule has 0 radical (unpaired) electrons. The summed E-state index contributed by atoms with van der Waals surface area (Å²) in [6.07, 6.45) is 3.84. The van der Waals surface area contributed by atoms with Gasteiger partial charge in [-0.05, 0) is 39.1 Å². The summed E-state index contributed by atoms with van der Waals surface area (Å²) in [7, 11) is 4.25. The fourth-order valence-electron chi connectivity index (χ4n) is 2.33. The number of hydrogen-bond donors (Lipinski definition) is 1. The Labute approximate surface area is 108 Å². The maximum Gasteiger partial charge on any atom is 0.250 e. The van der Waals surface area contributed by atoms with Crippen molar-refractivity contribution in [3.63, 3.8) is 0 Å². The zero-order valence-electron chi connectivity index (χ0n) is 11.0. The van der Waals surface area contributed by atoms with E-state index >= 15 is 0 Å². The quantitative estimate of drug-likeness (QED) is 0.855. The van der Waals surface area contributed by atoms with E-state index in [9.17, 15) is 4.79 Å². The smallest absolute Gasteiger partial charge is 0.250 e. The number of nitrogens with zero attached hydrogens (tertiary/aromatic N) is 3. The monoisotopic (exact) mass is 248 g/mol. The molecule has 1 fully saturated rings. The van der Waals surface area contributed by atoms with Crippen LogP contribution in [0, 0.1) is 0 Å². The largest absolute Gasteiger partial charge is 0.366 e. The lowest BCUT2D eigenvalue weighted by atomic mass is 10.0. The van der Waals surface area contributed by atoms with Crippen LogP contribution in [0.4, 0.5) is 5.82 Å². The van der Waals surface area contributed by atoms with E-state index in [0.29, 0.717) is 11.6 Å². The highest BCUT2D eigenvalue weighted by Crippen LogP contribution is 2.19. The van der Waals surface area contributed by atoms with Gasteiger partial charge in [0.2, 0.25) is 5.91 Å². The molecule has 1 aliphatic rings. The van der Waals surface area contributed by atoms with Crippen LogP contribution in [0.3, 0.4) is 0 Å². The number of primary amides is 1. The highest BCUT2D eigenvalue weighted by Gasteiger charge is 2.21. The van der Waals surface area contributed by atoms with Crippen molar-refractivity contribution in [3.05, 3.63) is 23.9 Å². The molecule has 0 aromatic carbocycles. The first-order valence-corrected chi connectivity index (χ1v) is 6.25. The lowest BCUT2D eigenvalue weighted by Crippen LogP contribution is -2.42. The third kappa shape index (κ3) is 2.79.